The number of hydrogen-bond donors (Lipinski definition) is 1. The molecule has 0 saturated carbocycles. The van der Waals surface area contributed by atoms with Gasteiger partial charge in [-0.1, -0.05) is 26.0 Å². The van der Waals surface area contributed by atoms with Gasteiger partial charge < -0.3 is 4.57 Å². The minimum atomic E-state index is -3.95. The molecule has 2 aromatic heterocycles. The molecule has 1 aliphatic carbocycles. The third-order valence-electron chi connectivity index (χ3n) is 7.29. The van der Waals surface area contributed by atoms with E-state index < -0.39 is 10.0 Å². The summed E-state index contributed by atoms with van der Waals surface area (Å²) in [6, 6.07) is 17.2. The number of aromatic nitrogens is 3. The Bertz CT molecular complexity index is 1770. The molecule has 0 unspecified atom stereocenters. The van der Waals surface area contributed by atoms with Gasteiger partial charge in [-0.05, 0) is 79.8 Å². The summed E-state index contributed by atoms with van der Waals surface area (Å²) in [6.45, 7) is 7.67. The third kappa shape index (κ3) is 5.70. The van der Waals surface area contributed by atoms with Crippen molar-refractivity contribution in [3.05, 3.63) is 88.9 Å². The lowest BCUT2D eigenvalue weighted by molar-refractivity contribution is -0.0756. The standard InChI is InChI=1S/C31H33N5O5S/c1-19-15-20(2)33-30(32-19)34-42(39,40)24-13-11-23(12-14-24)36-26(16-25-27(36)17-31(3,4)18-28(25)37)21-7-9-22(10-8-21)29(38)35(5)41-6/h7-16H,17-18H2,1-6H3,(H,32,33,34). The van der Waals surface area contributed by atoms with E-state index in [0.29, 0.717) is 41.0 Å². The van der Waals surface area contributed by atoms with Crippen molar-refractivity contribution >= 4 is 27.7 Å². The van der Waals surface area contributed by atoms with Crippen molar-refractivity contribution < 1.29 is 22.8 Å². The van der Waals surface area contributed by atoms with E-state index in [1.807, 2.05) is 22.8 Å². The molecule has 0 spiro atoms. The molecule has 0 radical (unpaired) electrons. The summed E-state index contributed by atoms with van der Waals surface area (Å²) in [7, 11) is -0.985. The monoisotopic (exact) mass is 587 g/mol. The SMILES string of the molecule is CON(C)C(=O)c1ccc(-c2cc3c(n2-c2ccc(S(=O)(=O)Nc4nc(C)cc(C)n4)cc2)CC(C)(C)CC3=O)cc1. The van der Waals surface area contributed by atoms with Crippen LogP contribution in [-0.2, 0) is 21.3 Å². The van der Waals surface area contributed by atoms with Crippen molar-refractivity contribution in [3.8, 4) is 16.9 Å². The predicted molar refractivity (Wildman–Crippen MR) is 159 cm³/mol. The molecule has 1 amide bonds. The maximum absolute atomic E-state index is 13.2. The van der Waals surface area contributed by atoms with E-state index in [1.165, 1.54) is 26.3 Å². The molecule has 2 aromatic carbocycles. The second kappa shape index (κ2) is 10.8. The first-order valence-corrected chi connectivity index (χ1v) is 14.9. The van der Waals surface area contributed by atoms with E-state index in [1.54, 1.807) is 44.2 Å². The maximum atomic E-state index is 13.2. The van der Waals surface area contributed by atoms with Crippen LogP contribution in [0.4, 0.5) is 5.95 Å². The van der Waals surface area contributed by atoms with E-state index >= 15 is 0 Å². The number of nitrogens with zero attached hydrogens (tertiary/aromatic N) is 4. The number of Topliss-reactive ketones (excluding diaryl/α,β-unsaturated/α-hetero) is 1. The smallest absolute Gasteiger partial charge is 0.277 e. The minimum Gasteiger partial charge on any atom is -0.313 e. The van der Waals surface area contributed by atoms with E-state index in [2.05, 4.69) is 28.5 Å². The topological polar surface area (TPSA) is 123 Å². The quantitative estimate of drug-likeness (QED) is 0.297. The minimum absolute atomic E-state index is 0.0118. The Morgan fingerprint density at radius 1 is 0.976 bits per heavy atom. The van der Waals surface area contributed by atoms with Crippen LogP contribution < -0.4 is 4.72 Å². The second-order valence-electron chi connectivity index (χ2n) is 11.3. The molecular weight excluding hydrogens is 554 g/mol. The summed E-state index contributed by atoms with van der Waals surface area (Å²) in [6.07, 6.45) is 1.10. The van der Waals surface area contributed by atoms with Gasteiger partial charge in [-0.15, -0.1) is 0 Å². The van der Waals surface area contributed by atoms with Gasteiger partial charge in [0.15, 0.2) is 5.78 Å². The Hall–Kier alpha value is -4.35. The predicted octanol–water partition coefficient (Wildman–Crippen LogP) is 5.14. The molecule has 0 aliphatic heterocycles. The molecule has 42 heavy (non-hydrogen) atoms. The Kier molecular flexibility index (Phi) is 7.50. The Balaban J connectivity index is 1.56. The number of carbonyl (C=O) groups excluding carboxylic acids is 2. The van der Waals surface area contributed by atoms with Crippen molar-refractivity contribution in [1.82, 2.24) is 19.6 Å². The molecule has 0 fully saturated rings. The number of nitrogens with one attached hydrogen (secondary N) is 1. The average molecular weight is 588 g/mol. The number of carbonyl (C=O) groups is 2. The molecular formula is C31H33N5O5S. The Morgan fingerprint density at radius 3 is 2.19 bits per heavy atom. The highest BCUT2D eigenvalue weighted by atomic mass is 32.2. The number of rotatable bonds is 7. The lowest BCUT2D eigenvalue weighted by atomic mass is 9.76. The van der Waals surface area contributed by atoms with Crippen LogP contribution in [0.2, 0.25) is 0 Å². The highest BCUT2D eigenvalue weighted by Crippen LogP contribution is 2.40. The van der Waals surface area contributed by atoms with Gasteiger partial charge in [-0.3, -0.25) is 14.4 Å². The summed E-state index contributed by atoms with van der Waals surface area (Å²) >= 11 is 0. The summed E-state index contributed by atoms with van der Waals surface area (Å²) in [4.78, 5) is 39.2. The fourth-order valence-electron chi connectivity index (χ4n) is 5.29. The van der Waals surface area contributed by atoms with Crippen LogP contribution in [0.5, 0.6) is 0 Å². The fraction of sp³-hybridized carbons (Fsp3) is 0.290. The first-order chi connectivity index (χ1) is 19.8. The molecule has 4 aromatic rings. The van der Waals surface area contributed by atoms with E-state index in [9.17, 15) is 18.0 Å². The molecule has 1 N–H and O–H groups in total. The lowest BCUT2D eigenvalue weighted by Gasteiger charge is -2.30. The first-order valence-electron chi connectivity index (χ1n) is 13.4. The molecule has 0 saturated heterocycles. The van der Waals surface area contributed by atoms with Gasteiger partial charge in [0.2, 0.25) is 5.95 Å². The van der Waals surface area contributed by atoms with Crippen molar-refractivity contribution in [2.75, 3.05) is 18.9 Å². The van der Waals surface area contributed by atoms with Crippen LogP contribution in [0.25, 0.3) is 16.9 Å². The fourth-order valence-corrected chi connectivity index (χ4v) is 6.24. The number of amides is 1. The number of sulfonamides is 1. The highest BCUT2D eigenvalue weighted by molar-refractivity contribution is 7.92. The summed E-state index contributed by atoms with van der Waals surface area (Å²) in [5, 5.41) is 1.15. The van der Waals surface area contributed by atoms with Crippen LogP contribution in [0.3, 0.4) is 0 Å². The number of hydroxylamine groups is 2. The zero-order valence-corrected chi connectivity index (χ0v) is 25.2. The van der Waals surface area contributed by atoms with E-state index in [4.69, 9.17) is 4.84 Å². The maximum Gasteiger partial charge on any atom is 0.277 e. The molecule has 218 valence electrons. The van der Waals surface area contributed by atoms with Crippen LogP contribution in [0.15, 0.2) is 65.6 Å². The summed E-state index contributed by atoms with van der Waals surface area (Å²) in [5.41, 5.74) is 5.31. The molecule has 11 heteroatoms. The molecule has 5 rings (SSSR count). The van der Waals surface area contributed by atoms with Gasteiger partial charge in [-0.2, -0.15) is 0 Å². The van der Waals surface area contributed by atoms with Crippen LogP contribution >= 0.6 is 0 Å². The molecule has 1 aliphatic rings. The number of aryl methyl sites for hydroxylation is 2. The van der Waals surface area contributed by atoms with Gasteiger partial charge in [-0.25, -0.2) is 28.2 Å². The second-order valence-corrected chi connectivity index (χ2v) is 13.0. The average Bonchev–Trinajstić information content (AvgIpc) is 3.30. The molecule has 2 heterocycles. The first kappa shape index (κ1) is 29.2. The van der Waals surface area contributed by atoms with Crippen LogP contribution in [-0.4, -0.2) is 53.9 Å². The zero-order valence-electron chi connectivity index (χ0n) is 24.4. The number of benzene rings is 2. The van der Waals surface area contributed by atoms with Crippen molar-refractivity contribution in [2.45, 2.75) is 45.4 Å². The largest absolute Gasteiger partial charge is 0.313 e. The number of ketones is 1. The summed E-state index contributed by atoms with van der Waals surface area (Å²) in [5.74, 6) is -0.211. The highest BCUT2D eigenvalue weighted by Gasteiger charge is 2.35. The molecule has 0 atom stereocenters. The third-order valence-corrected chi connectivity index (χ3v) is 8.63. The van der Waals surface area contributed by atoms with Crippen molar-refractivity contribution in [2.24, 2.45) is 5.41 Å². The van der Waals surface area contributed by atoms with Crippen LogP contribution in [0.1, 0.15) is 58.1 Å². The number of fused-ring (bicyclic) bond motifs is 1. The van der Waals surface area contributed by atoms with Gasteiger partial charge in [0.1, 0.15) is 0 Å². The lowest BCUT2D eigenvalue weighted by Crippen LogP contribution is -2.27. The van der Waals surface area contributed by atoms with E-state index in [-0.39, 0.29) is 27.9 Å². The normalized spacial score (nSPS) is 14.4. The molecule has 0 bridgehead atoms. The van der Waals surface area contributed by atoms with Crippen LogP contribution in [0, 0.1) is 19.3 Å². The molecule has 10 nitrogen and oxygen atoms in total. The Morgan fingerprint density at radius 2 is 1.60 bits per heavy atom. The van der Waals surface area contributed by atoms with Gasteiger partial charge >= 0.3 is 0 Å². The zero-order chi connectivity index (χ0) is 30.4. The summed E-state index contributed by atoms with van der Waals surface area (Å²) < 4.78 is 30.8. The number of anilines is 1. The van der Waals surface area contributed by atoms with E-state index in [0.717, 1.165) is 22.0 Å². The van der Waals surface area contributed by atoms with Gasteiger partial charge in [0.25, 0.3) is 15.9 Å². The van der Waals surface area contributed by atoms with Gasteiger partial charge in [0, 0.05) is 47.4 Å². The van der Waals surface area contributed by atoms with Crippen molar-refractivity contribution in [1.29, 1.82) is 0 Å². The Labute approximate surface area is 245 Å². The van der Waals surface area contributed by atoms with Crippen molar-refractivity contribution in [3.63, 3.8) is 0 Å². The van der Waals surface area contributed by atoms with Gasteiger partial charge in [0.05, 0.1) is 17.7 Å². The number of hydrogen-bond acceptors (Lipinski definition) is 7.